The number of aromatic amines is 1. The highest BCUT2D eigenvalue weighted by Crippen LogP contribution is 2.20. The van der Waals surface area contributed by atoms with Crippen LogP contribution in [0.2, 0.25) is 0 Å². The maximum atomic E-state index is 12.4. The summed E-state index contributed by atoms with van der Waals surface area (Å²) in [5, 5.41) is 9.94. The first-order chi connectivity index (χ1) is 11.5. The van der Waals surface area contributed by atoms with E-state index in [-0.39, 0.29) is 24.2 Å². The van der Waals surface area contributed by atoms with E-state index in [2.05, 4.69) is 20.5 Å². The molecule has 3 heterocycles. The number of amides is 2. The molecule has 1 aliphatic rings. The van der Waals surface area contributed by atoms with Crippen LogP contribution in [0.5, 0.6) is 0 Å². The van der Waals surface area contributed by atoms with Crippen LogP contribution in [-0.4, -0.2) is 38.4 Å². The predicted octanol–water partition coefficient (Wildman–Crippen LogP) is 1.09. The van der Waals surface area contributed by atoms with Crippen LogP contribution in [0.4, 0.5) is 0 Å². The summed E-state index contributed by atoms with van der Waals surface area (Å²) < 4.78 is 0. The number of carbonyl (C=O) groups is 2. The van der Waals surface area contributed by atoms with Crippen molar-refractivity contribution in [1.29, 1.82) is 0 Å². The number of hydrogen-bond acceptors (Lipinski definition) is 4. The monoisotopic (exact) mass is 327 g/mol. The number of aromatic nitrogens is 3. The quantitative estimate of drug-likeness (QED) is 0.860. The third-order valence-corrected chi connectivity index (χ3v) is 4.38. The second-order valence-corrected chi connectivity index (χ2v) is 6.13. The van der Waals surface area contributed by atoms with E-state index in [0.717, 1.165) is 22.6 Å². The number of nitrogens with one attached hydrogen (secondary N) is 2. The van der Waals surface area contributed by atoms with Gasteiger partial charge in [0.25, 0.3) is 0 Å². The number of carbonyl (C=O) groups excluding carboxylic acids is 2. The first kappa shape index (κ1) is 16.2. The minimum Gasteiger partial charge on any atom is -0.352 e. The largest absolute Gasteiger partial charge is 0.352 e. The van der Waals surface area contributed by atoms with Crippen molar-refractivity contribution >= 4 is 11.8 Å². The third kappa shape index (κ3) is 3.45. The Balaban J connectivity index is 1.56. The zero-order valence-corrected chi connectivity index (χ0v) is 13.9. The van der Waals surface area contributed by atoms with Crippen molar-refractivity contribution in [3.05, 3.63) is 47.0 Å². The van der Waals surface area contributed by atoms with Crippen LogP contribution in [0.15, 0.2) is 24.4 Å². The molecule has 3 rings (SSSR count). The van der Waals surface area contributed by atoms with Crippen LogP contribution >= 0.6 is 0 Å². The lowest BCUT2D eigenvalue weighted by Gasteiger charge is -2.16. The van der Waals surface area contributed by atoms with Gasteiger partial charge in [-0.05, 0) is 26.0 Å². The Morgan fingerprint density at radius 1 is 1.42 bits per heavy atom. The molecule has 2 amide bonds. The second-order valence-electron chi connectivity index (χ2n) is 6.13. The summed E-state index contributed by atoms with van der Waals surface area (Å²) in [6.07, 6.45) is 1.96. The molecule has 126 valence electrons. The van der Waals surface area contributed by atoms with Gasteiger partial charge in [-0.15, -0.1) is 0 Å². The van der Waals surface area contributed by atoms with E-state index < -0.39 is 0 Å². The Morgan fingerprint density at radius 2 is 2.25 bits per heavy atom. The molecule has 0 radical (unpaired) electrons. The van der Waals surface area contributed by atoms with Crippen LogP contribution in [-0.2, 0) is 22.7 Å². The zero-order valence-electron chi connectivity index (χ0n) is 13.9. The van der Waals surface area contributed by atoms with Gasteiger partial charge in [0.15, 0.2) is 0 Å². The topological polar surface area (TPSA) is 91.0 Å². The van der Waals surface area contributed by atoms with Gasteiger partial charge in [-0.1, -0.05) is 6.07 Å². The molecule has 0 aromatic carbocycles. The van der Waals surface area contributed by atoms with E-state index in [1.54, 1.807) is 11.1 Å². The molecule has 2 N–H and O–H groups in total. The van der Waals surface area contributed by atoms with Crippen LogP contribution in [0.3, 0.4) is 0 Å². The van der Waals surface area contributed by atoms with Crippen molar-refractivity contribution in [3.63, 3.8) is 0 Å². The normalized spacial score (nSPS) is 17.3. The summed E-state index contributed by atoms with van der Waals surface area (Å²) in [6, 6.07) is 5.61. The molecular formula is C17H21N5O2. The molecule has 0 saturated carbocycles. The highest BCUT2D eigenvalue weighted by atomic mass is 16.2. The molecular weight excluding hydrogens is 306 g/mol. The molecule has 0 bridgehead atoms. The highest BCUT2D eigenvalue weighted by Gasteiger charge is 2.34. The molecule has 2 aromatic heterocycles. The number of aryl methyl sites for hydroxylation is 2. The molecule has 1 fully saturated rings. The average Bonchev–Trinajstić information content (AvgIpc) is 3.09. The van der Waals surface area contributed by atoms with Gasteiger partial charge in [-0.3, -0.25) is 19.7 Å². The van der Waals surface area contributed by atoms with Crippen molar-refractivity contribution in [1.82, 2.24) is 25.4 Å². The lowest BCUT2D eigenvalue weighted by molar-refractivity contribution is -0.129. The minimum absolute atomic E-state index is 0.00326. The highest BCUT2D eigenvalue weighted by molar-refractivity contribution is 5.89. The smallest absolute Gasteiger partial charge is 0.225 e. The van der Waals surface area contributed by atoms with Gasteiger partial charge < -0.3 is 10.2 Å². The lowest BCUT2D eigenvalue weighted by atomic mass is 10.1. The van der Waals surface area contributed by atoms with Crippen LogP contribution in [0.1, 0.15) is 29.1 Å². The molecule has 24 heavy (non-hydrogen) atoms. The van der Waals surface area contributed by atoms with Crippen LogP contribution in [0, 0.1) is 19.8 Å². The summed E-state index contributed by atoms with van der Waals surface area (Å²) in [6.45, 7) is 5.14. The van der Waals surface area contributed by atoms with Crippen molar-refractivity contribution in [2.75, 3.05) is 6.54 Å². The SMILES string of the molecule is Cc1n[nH]c(C)c1CNC(=O)[C@@H]1CC(=O)N(Cc2ccccn2)C1. The van der Waals surface area contributed by atoms with Crippen molar-refractivity contribution in [2.45, 2.75) is 33.4 Å². The number of pyridine rings is 1. The van der Waals surface area contributed by atoms with Crippen molar-refractivity contribution in [2.24, 2.45) is 5.92 Å². The summed E-state index contributed by atoms with van der Waals surface area (Å²) in [7, 11) is 0. The Bertz CT molecular complexity index is 721. The standard InChI is InChI=1S/C17H21N5O2/c1-11-15(12(2)21-20-11)8-19-17(24)13-7-16(23)22(9-13)10-14-5-3-4-6-18-14/h3-6,13H,7-10H2,1-2H3,(H,19,24)(H,20,21)/t13-/m1/s1. The number of hydrogen-bond donors (Lipinski definition) is 2. The van der Waals surface area contributed by atoms with Gasteiger partial charge in [0.1, 0.15) is 0 Å². The van der Waals surface area contributed by atoms with E-state index in [9.17, 15) is 9.59 Å². The molecule has 0 aliphatic carbocycles. The van der Waals surface area contributed by atoms with Crippen molar-refractivity contribution < 1.29 is 9.59 Å². The van der Waals surface area contributed by atoms with E-state index >= 15 is 0 Å². The fourth-order valence-electron chi connectivity index (χ4n) is 2.94. The lowest BCUT2D eigenvalue weighted by Crippen LogP contribution is -2.32. The van der Waals surface area contributed by atoms with Gasteiger partial charge in [-0.25, -0.2) is 0 Å². The molecule has 2 aromatic rings. The summed E-state index contributed by atoms with van der Waals surface area (Å²) in [4.78, 5) is 30.4. The minimum atomic E-state index is -0.311. The van der Waals surface area contributed by atoms with Gasteiger partial charge in [-0.2, -0.15) is 5.10 Å². The number of rotatable bonds is 5. The van der Waals surface area contributed by atoms with E-state index in [1.807, 2.05) is 32.0 Å². The number of nitrogens with zero attached hydrogens (tertiary/aromatic N) is 3. The van der Waals surface area contributed by atoms with Gasteiger partial charge in [0, 0.05) is 37.0 Å². The average molecular weight is 327 g/mol. The molecule has 1 saturated heterocycles. The number of likely N-dealkylation sites (tertiary alicyclic amines) is 1. The van der Waals surface area contributed by atoms with Gasteiger partial charge >= 0.3 is 0 Å². The first-order valence-corrected chi connectivity index (χ1v) is 8.00. The van der Waals surface area contributed by atoms with Crippen molar-refractivity contribution in [3.8, 4) is 0 Å². The number of H-pyrrole nitrogens is 1. The Kier molecular flexibility index (Phi) is 4.59. The van der Waals surface area contributed by atoms with Crippen LogP contribution in [0.25, 0.3) is 0 Å². The Morgan fingerprint density at radius 3 is 2.92 bits per heavy atom. The molecule has 7 heteroatoms. The third-order valence-electron chi connectivity index (χ3n) is 4.38. The molecule has 0 unspecified atom stereocenters. The molecule has 1 aliphatic heterocycles. The second kappa shape index (κ2) is 6.82. The maximum Gasteiger partial charge on any atom is 0.225 e. The summed E-state index contributed by atoms with van der Waals surface area (Å²) in [5.41, 5.74) is 3.66. The Labute approximate surface area is 140 Å². The van der Waals surface area contributed by atoms with E-state index in [1.165, 1.54) is 0 Å². The summed E-state index contributed by atoms with van der Waals surface area (Å²) >= 11 is 0. The zero-order chi connectivity index (χ0) is 17.1. The fourth-order valence-corrected chi connectivity index (χ4v) is 2.94. The van der Waals surface area contributed by atoms with Crippen LogP contribution < -0.4 is 5.32 Å². The first-order valence-electron chi connectivity index (χ1n) is 8.00. The molecule has 0 spiro atoms. The fraction of sp³-hybridized carbons (Fsp3) is 0.412. The summed E-state index contributed by atoms with van der Waals surface area (Å²) in [5.74, 6) is -0.405. The molecule has 7 nitrogen and oxygen atoms in total. The predicted molar refractivity (Wildman–Crippen MR) is 87.7 cm³/mol. The maximum absolute atomic E-state index is 12.4. The van der Waals surface area contributed by atoms with Gasteiger partial charge in [0.2, 0.25) is 11.8 Å². The molecule has 1 atom stereocenters. The van der Waals surface area contributed by atoms with E-state index in [4.69, 9.17) is 0 Å². The van der Waals surface area contributed by atoms with Gasteiger partial charge in [0.05, 0.1) is 23.9 Å². The Hall–Kier alpha value is -2.70. The van der Waals surface area contributed by atoms with E-state index in [0.29, 0.717) is 19.6 Å².